The van der Waals surface area contributed by atoms with E-state index in [4.69, 9.17) is 0 Å². The third-order valence-electron chi connectivity index (χ3n) is 6.79. The van der Waals surface area contributed by atoms with Gasteiger partial charge in [0.15, 0.2) is 5.65 Å². The Hall–Kier alpha value is -2.51. The van der Waals surface area contributed by atoms with E-state index in [-0.39, 0.29) is 5.78 Å². The molecule has 0 aromatic carbocycles. The highest BCUT2D eigenvalue weighted by Crippen LogP contribution is 2.45. The fraction of sp³-hybridized carbons (Fsp3) is 0.480. The van der Waals surface area contributed by atoms with Gasteiger partial charge in [0, 0.05) is 22.0 Å². The summed E-state index contributed by atoms with van der Waals surface area (Å²) < 4.78 is 1.87. The second-order valence-corrected chi connectivity index (χ2v) is 10.6. The zero-order chi connectivity index (χ0) is 22.6. The molecule has 0 aliphatic carbocycles. The van der Waals surface area contributed by atoms with Gasteiger partial charge in [0.1, 0.15) is 16.9 Å². The molecule has 1 fully saturated rings. The van der Waals surface area contributed by atoms with Crippen LogP contribution >= 0.6 is 11.3 Å². The lowest BCUT2D eigenvalue weighted by atomic mass is 9.90. The van der Waals surface area contributed by atoms with Crippen molar-refractivity contribution in [2.45, 2.75) is 59.3 Å². The molecule has 0 amide bonds. The molecule has 4 aromatic rings. The van der Waals surface area contributed by atoms with Crippen molar-refractivity contribution in [2.75, 3.05) is 19.6 Å². The summed E-state index contributed by atoms with van der Waals surface area (Å²) in [7, 11) is 0. The number of pyridine rings is 1. The van der Waals surface area contributed by atoms with Gasteiger partial charge >= 0.3 is 0 Å². The number of thiophene rings is 1. The van der Waals surface area contributed by atoms with Crippen molar-refractivity contribution < 1.29 is 4.79 Å². The molecule has 5 heterocycles. The monoisotopic (exact) mass is 449 g/mol. The number of likely N-dealkylation sites (tertiary alicyclic amines) is 1. The average molecular weight is 450 g/mol. The van der Waals surface area contributed by atoms with Gasteiger partial charge in [-0.05, 0) is 81.3 Å². The van der Waals surface area contributed by atoms with E-state index in [1.54, 1.807) is 13.3 Å². The first-order valence-corrected chi connectivity index (χ1v) is 12.3. The van der Waals surface area contributed by atoms with Crippen LogP contribution in [0.5, 0.6) is 0 Å². The number of nitrogens with zero attached hydrogens (tertiary/aromatic N) is 4. The summed E-state index contributed by atoms with van der Waals surface area (Å²) in [5.41, 5.74) is 7.22. The SMILES string of the molecule is CC(=O)CN1CCC(c2sc3[nH]c(-c4cc(C)c5ncnn5c4)c(C(C)C)c3c2C)CC1. The Morgan fingerprint density at radius 1 is 1.28 bits per heavy atom. The first-order chi connectivity index (χ1) is 15.3. The summed E-state index contributed by atoms with van der Waals surface area (Å²) in [6, 6.07) is 2.21. The summed E-state index contributed by atoms with van der Waals surface area (Å²) in [5, 5.41) is 5.77. The molecule has 6 nitrogen and oxygen atoms in total. The highest BCUT2D eigenvalue weighted by atomic mass is 32.1. The van der Waals surface area contributed by atoms with E-state index in [1.807, 2.05) is 15.9 Å². The maximum absolute atomic E-state index is 11.5. The van der Waals surface area contributed by atoms with Crippen molar-refractivity contribution in [3.63, 3.8) is 0 Å². The van der Waals surface area contributed by atoms with Crippen molar-refractivity contribution in [3.05, 3.63) is 40.2 Å². The summed E-state index contributed by atoms with van der Waals surface area (Å²) in [6.07, 6.45) is 5.95. The molecule has 5 rings (SSSR count). The second kappa shape index (κ2) is 8.12. The number of aromatic amines is 1. The average Bonchev–Trinajstić information content (AvgIpc) is 3.43. The number of fused-ring (bicyclic) bond motifs is 2. The lowest BCUT2D eigenvalue weighted by molar-refractivity contribution is -0.118. The molecule has 4 aromatic heterocycles. The summed E-state index contributed by atoms with van der Waals surface area (Å²) >= 11 is 1.93. The topological polar surface area (TPSA) is 66.3 Å². The number of hydrogen-bond acceptors (Lipinski definition) is 5. The minimum absolute atomic E-state index is 0.262. The normalized spacial score (nSPS) is 16.1. The van der Waals surface area contributed by atoms with Gasteiger partial charge in [-0.15, -0.1) is 11.3 Å². The van der Waals surface area contributed by atoms with Crippen molar-refractivity contribution >= 4 is 33.0 Å². The molecule has 1 N–H and O–H groups in total. The number of ketones is 1. The molecule has 0 spiro atoms. The molecule has 7 heteroatoms. The number of carbonyl (C=O) groups excluding carboxylic acids is 1. The van der Waals surface area contributed by atoms with Crippen LogP contribution in [0.15, 0.2) is 18.6 Å². The number of aryl methyl sites for hydroxylation is 2. The van der Waals surface area contributed by atoms with E-state index in [9.17, 15) is 4.79 Å². The van der Waals surface area contributed by atoms with Gasteiger partial charge in [0.25, 0.3) is 0 Å². The highest BCUT2D eigenvalue weighted by molar-refractivity contribution is 7.19. The molecule has 32 heavy (non-hydrogen) atoms. The lowest BCUT2D eigenvalue weighted by Crippen LogP contribution is -2.36. The van der Waals surface area contributed by atoms with Gasteiger partial charge in [-0.3, -0.25) is 9.69 Å². The smallest absolute Gasteiger partial charge is 0.158 e. The van der Waals surface area contributed by atoms with Gasteiger partial charge in [-0.25, -0.2) is 9.50 Å². The van der Waals surface area contributed by atoms with E-state index in [2.05, 4.69) is 59.9 Å². The largest absolute Gasteiger partial charge is 0.346 e. The first kappa shape index (κ1) is 21.3. The number of piperidine rings is 1. The number of nitrogens with one attached hydrogen (secondary N) is 1. The molecular weight excluding hydrogens is 418 g/mol. The molecule has 0 saturated carbocycles. The zero-order valence-electron chi connectivity index (χ0n) is 19.5. The molecule has 1 aliphatic rings. The maximum Gasteiger partial charge on any atom is 0.158 e. The predicted molar refractivity (Wildman–Crippen MR) is 131 cm³/mol. The van der Waals surface area contributed by atoms with E-state index in [0.29, 0.717) is 18.4 Å². The number of hydrogen-bond donors (Lipinski definition) is 1. The number of H-pyrrole nitrogens is 1. The minimum atomic E-state index is 0.262. The molecule has 0 radical (unpaired) electrons. The van der Waals surface area contributed by atoms with Crippen LogP contribution in [0, 0.1) is 13.8 Å². The van der Waals surface area contributed by atoms with Crippen LogP contribution in [0.3, 0.4) is 0 Å². The number of carbonyl (C=O) groups is 1. The fourth-order valence-electron chi connectivity index (χ4n) is 5.34. The van der Waals surface area contributed by atoms with E-state index >= 15 is 0 Å². The third kappa shape index (κ3) is 3.57. The van der Waals surface area contributed by atoms with Crippen molar-refractivity contribution in [1.82, 2.24) is 24.5 Å². The van der Waals surface area contributed by atoms with E-state index in [0.717, 1.165) is 42.7 Å². The van der Waals surface area contributed by atoms with Gasteiger partial charge in [-0.1, -0.05) is 13.8 Å². The number of rotatable bonds is 5. The zero-order valence-corrected chi connectivity index (χ0v) is 20.3. The number of Topliss-reactive ketones (excluding diaryl/α,β-unsaturated/α-hetero) is 1. The Morgan fingerprint density at radius 2 is 2.03 bits per heavy atom. The van der Waals surface area contributed by atoms with Crippen molar-refractivity contribution in [2.24, 2.45) is 0 Å². The van der Waals surface area contributed by atoms with Crippen molar-refractivity contribution in [1.29, 1.82) is 0 Å². The Kier molecular flexibility index (Phi) is 5.42. The van der Waals surface area contributed by atoms with Gasteiger partial charge in [-0.2, -0.15) is 5.10 Å². The predicted octanol–water partition coefficient (Wildman–Crippen LogP) is 5.45. The van der Waals surface area contributed by atoms with Gasteiger partial charge < -0.3 is 4.98 Å². The minimum Gasteiger partial charge on any atom is -0.346 e. The van der Waals surface area contributed by atoms with Crippen LogP contribution in [-0.4, -0.2) is 49.9 Å². The van der Waals surface area contributed by atoms with Crippen LogP contribution in [0.1, 0.15) is 67.0 Å². The van der Waals surface area contributed by atoms with Crippen molar-refractivity contribution in [3.8, 4) is 11.3 Å². The molecule has 1 saturated heterocycles. The maximum atomic E-state index is 11.5. The van der Waals surface area contributed by atoms with Gasteiger partial charge in [0.2, 0.25) is 0 Å². The second-order valence-electron chi connectivity index (χ2n) is 9.56. The summed E-state index contributed by atoms with van der Waals surface area (Å²) in [6.45, 7) is 13.2. The Labute approximate surface area is 192 Å². The molecular formula is C25H31N5OS. The Morgan fingerprint density at radius 3 is 2.72 bits per heavy atom. The van der Waals surface area contributed by atoms with E-state index in [1.165, 1.54) is 31.9 Å². The van der Waals surface area contributed by atoms with E-state index < -0.39 is 0 Å². The molecule has 0 unspecified atom stereocenters. The molecule has 0 bridgehead atoms. The van der Waals surface area contributed by atoms with Crippen LogP contribution in [-0.2, 0) is 4.79 Å². The summed E-state index contributed by atoms with van der Waals surface area (Å²) in [4.78, 5) is 24.7. The van der Waals surface area contributed by atoms with Crippen LogP contribution < -0.4 is 0 Å². The fourth-order valence-corrected chi connectivity index (χ4v) is 6.74. The molecule has 0 atom stereocenters. The van der Waals surface area contributed by atoms with Crippen LogP contribution in [0.2, 0.25) is 0 Å². The van der Waals surface area contributed by atoms with Gasteiger partial charge in [0.05, 0.1) is 12.2 Å². The molecule has 1 aliphatic heterocycles. The third-order valence-corrected chi connectivity index (χ3v) is 8.16. The standard InChI is InChI=1S/C25H31N5OS/c1-14(2)20-21-17(5)23(18-6-8-29(9-7-18)11-16(4)31)32-25(21)28-22(20)19-10-15(3)24-26-13-27-30(24)12-19/h10,12-14,18,28H,6-9,11H2,1-5H3. The Balaban J connectivity index is 1.54. The molecule has 168 valence electrons. The Bertz CT molecular complexity index is 1300. The van der Waals surface area contributed by atoms with Crippen LogP contribution in [0.4, 0.5) is 0 Å². The first-order valence-electron chi connectivity index (χ1n) is 11.5. The lowest BCUT2D eigenvalue weighted by Gasteiger charge is -2.31. The quantitative estimate of drug-likeness (QED) is 0.440. The number of aromatic nitrogens is 4. The summed E-state index contributed by atoms with van der Waals surface area (Å²) in [5.74, 6) is 1.25. The highest BCUT2D eigenvalue weighted by Gasteiger charge is 2.28. The van der Waals surface area contributed by atoms with Crippen LogP contribution in [0.25, 0.3) is 27.1 Å².